The fraction of sp³-hybridized carbons (Fsp3) is 0.769. The first-order valence-electron chi connectivity index (χ1n) is 6.52. The summed E-state index contributed by atoms with van der Waals surface area (Å²) in [6, 6.07) is 0.0370. The van der Waals surface area contributed by atoms with Crippen molar-refractivity contribution in [2.45, 2.75) is 25.3 Å². The Kier molecular flexibility index (Phi) is 7.64. The third-order valence-corrected chi connectivity index (χ3v) is 2.90. The Morgan fingerprint density at radius 3 is 2.83 bits per heavy atom. The predicted molar refractivity (Wildman–Crippen MR) is 70.2 cm³/mol. The zero-order valence-corrected chi connectivity index (χ0v) is 11.1. The highest BCUT2D eigenvalue weighted by atomic mass is 16.5. The molecule has 0 aliphatic heterocycles. The van der Waals surface area contributed by atoms with Gasteiger partial charge in [0.1, 0.15) is 0 Å². The van der Waals surface area contributed by atoms with E-state index in [2.05, 4.69) is 5.32 Å². The molecular formula is C13H24N2O3. The molecule has 5 heteroatoms. The summed E-state index contributed by atoms with van der Waals surface area (Å²) in [5, 5.41) is 2.92. The van der Waals surface area contributed by atoms with Crippen LogP contribution in [0.3, 0.4) is 0 Å². The van der Waals surface area contributed by atoms with E-state index in [1.165, 1.54) is 0 Å². The van der Waals surface area contributed by atoms with Crippen LogP contribution in [0.4, 0.5) is 0 Å². The van der Waals surface area contributed by atoms with Crippen LogP contribution in [0.25, 0.3) is 0 Å². The van der Waals surface area contributed by atoms with Gasteiger partial charge >= 0.3 is 0 Å². The number of nitrogens with one attached hydrogen (secondary N) is 1. The van der Waals surface area contributed by atoms with E-state index in [9.17, 15) is 4.79 Å². The first-order chi connectivity index (χ1) is 8.74. The second kappa shape index (κ2) is 9.08. The van der Waals surface area contributed by atoms with Gasteiger partial charge in [-0.05, 0) is 19.3 Å². The molecule has 1 amide bonds. The molecular weight excluding hydrogens is 232 g/mol. The first-order valence-corrected chi connectivity index (χ1v) is 6.52. The van der Waals surface area contributed by atoms with E-state index in [1.54, 1.807) is 7.11 Å². The molecule has 1 aliphatic carbocycles. The van der Waals surface area contributed by atoms with E-state index in [1.807, 2.05) is 12.2 Å². The molecule has 0 aromatic rings. The van der Waals surface area contributed by atoms with Crippen molar-refractivity contribution >= 4 is 5.91 Å². The molecule has 0 saturated heterocycles. The monoisotopic (exact) mass is 256 g/mol. The molecule has 0 bridgehead atoms. The topological polar surface area (TPSA) is 73.6 Å². The van der Waals surface area contributed by atoms with Crippen molar-refractivity contribution in [2.75, 3.05) is 33.5 Å². The van der Waals surface area contributed by atoms with Gasteiger partial charge in [-0.1, -0.05) is 12.2 Å². The van der Waals surface area contributed by atoms with Gasteiger partial charge in [0, 0.05) is 26.3 Å². The molecule has 0 radical (unpaired) electrons. The fourth-order valence-electron chi connectivity index (χ4n) is 1.84. The lowest BCUT2D eigenvalue weighted by atomic mass is 10.1. The Labute approximate surface area is 109 Å². The summed E-state index contributed by atoms with van der Waals surface area (Å²) in [6.45, 7) is 2.68. The zero-order chi connectivity index (χ0) is 13.2. The molecule has 0 spiro atoms. The second-order valence-corrected chi connectivity index (χ2v) is 4.49. The Morgan fingerprint density at radius 1 is 1.33 bits per heavy atom. The molecule has 0 heterocycles. The van der Waals surface area contributed by atoms with Crippen molar-refractivity contribution in [1.29, 1.82) is 0 Å². The highest BCUT2D eigenvalue weighted by Crippen LogP contribution is 2.16. The van der Waals surface area contributed by atoms with Crippen LogP contribution in [-0.2, 0) is 14.3 Å². The number of amides is 1. The number of carbonyl (C=O) groups is 1. The fourth-order valence-corrected chi connectivity index (χ4v) is 1.84. The maximum Gasteiger partial charge on any atom is 0.226 e. The van der Waals surface area contributed by atoms with Gasteiger partial charge < -0.3 is 20.5 Å². The van der Waals surface area contributed by atoms with Gasteiger partial charge in [-0.2, -0.15) is 0 Å². The standard InChI is InChI=1S/C13H24N2O3/c1-17-8-9-18-7-3-2-6-15-13(16)11-4-5-12(14)10-11/h4-5,11-12H,2-3,6-10,14H2,1H3,(H,15,16). The molecule has 0 saturated carbocycles. The molecule has 1 rings (SSSR count). The van der Waals surface area contributed by atoms with E-state index < -0.39 is 0 Å². The largest absolute Gasteiger partial charge is 0.382 e. The Morgan fingerprint density at radius 2 is 2.17 bits per heavy atom. The van der Waals surface area contributed by atoms with E-state index in [4.69, 9.17) is 15.2 Å². The van der Waals surface area contributed by atoms with Gasteiger partial charge in [0.25, 0.3) is 0 Å². The minimum atomic E-state index is -0.0436. The maximum atomic E-state index is 11.7. The minimum Gasteiger partial charge on any atom is -0.382 e. The average Bonchev–Trinajstić information content (AvgIpc) is 2.79. The van der Waals surface area contributed by atoms with Crippen molar-refractivity contribution in [2.24, 2.45) is 11.7 Å². The number of unbranched alkanes of at least 4 members (excludes halogenated alkanes) is 1. The lowest BCUT2D eigenvalue weighted by Gasteiger charge is -2.10. The molecule has 0 aromatic heterocycles. The number of hydrogen-bond acceptors (Lipinski definition) is 4. The molecule has 2 unspecified atom stereocenters. The van der Waals surface area contributed by atoms with Crippen molar-refractivity contribution in [1.82, 2.24) is 5.32 Å². The SMILES string of the molecule is COCCOCCCCNC(=O)C1C=CC(N)C1. The van der Waals surface area contributed by atoms with Gasteiger partial charge in [-0.3, -0.25) is 4.79 Å². The van der Waals surface area contributed by atoms with Gasteiger partial charge in [0.15, 0.2) is 0 Å². The Hall–Kier alpha value is -0.910. The van der Waals surface area contributed by atoms with Crippen molar-refractivity contribution in [3.8, 4) is 0 Å². The smallest absolute Gasteiger partial charge is 0.226 e. The van der Waals surface area contributed by atoms with Crippen LogP contribution in [0, 0.1) is 5.92 Å². The van der Waals surface area contributed by atoms with E-state index in [0.717, 1.165) is 19.3 Å². The lowest BCUT2D eigenvalue weighted by molar-refractivity contribution is -0.123. The first kappa shape index (κ1) is 15.1. The molecule has 18 heavy (non-hydrogen) atoms. The highest BCUT2D eigenvalue weighted by Gasteiger charge is 2.21. The molecule has 0 fully saturated rings. The number of carbonyl (C=O) groups excluding carboxylic acids is 1. The summed E-state index contributed by atoms with van der Waals surface area (Å²) in [4.78, 5) is 11.7. The summed E-state index contributed by atoms with van der Waals surface area (Å²) >= 11 is 0. The van der Waals surface area contributed by atoms with Crippen LogP contribution in [0.2, 0.25) is 0 Å². The van der Waals surface area contributed by atoms with E-state index in [0.29, 0.717) is 26.4 Å². The number of nitrogens with two attached hydrogens (primary N) is 1. The van der Waals surface area contributed by atoms with Crippen LogP contribution < -0.4 is 11.1 Å². The van der Waals surface area contributed by atoms with Crippen LogP contribution in [0.5, 0.6) is 0 Å². The van der Waals surface area contributed by atoms with Crippen molar-refractivity contribution in [3.05, 3.63) is 12.2 Å². The van der Waals surface area contributed by atoms with E-state index in [-0.39, 0.29) is 17.9 Å². The number of ether oxygens (including phenoxy) is 2. The Balaban J connectivity index is 1.91. The minimum absolute atomic E-state index is 0.0370. The summed E-state index contributed by atoms with van der Waals surface area (Å²) in [5.74, 6) is 0.0393. The van der Waals surface area contributed by atoms with Gasteiger partial charge in [-0.15, -0.1) is 0 Å². The number of hydrogen-bond donors (Lipinski definition) is 2. The van der Waals surface area contributed by atoms with Gasteiger partial charge in [-0.25, -0.2) is 0 Å². The molecule has 104 valence electrons. The van der Waals surface area contributed by atoms with Crippen LogP contribution in [-0.4, -0.2) is 45.4 Å². The number of rotatable bonds is 9. The summed E-state index contributed by atoms with van der Waals surface area (Å²) < 4.78 is 10.2. The third kappa shape index (κ3) is 6.14. The van der Waals surface area contributed by atoms with E-state index >= 15 is 0 Å². The van der Waals surface area contributed by atoms with Crippen LogP contribution in [0.1, 0.15) is 19.3 Å². The van der Waals surface area contributed by atoms with Crippen molar-refractivity contribution in [3.63, 3.8) is 0 Å². The maximum absolute atomic E-state index is 11.7. The second-order valence-electron chi connectivity index (χ2n) is 4.49. The normalized spacial score (nSPS) is 22.3. The lowest BCUT2D eigenvalue weighted by Crippen LogP contribution is -2.31. The van der Waals surface area contributed by atoms with Crippen LogP contribution in [0.15, 0.2) is 12.2 Å². The van der Waals surface area contributed by atoms with Gasteiger partial charge in [0.05, 0.1) is 19.1 Å². The number of methoxy groups -OCH3 is 1. The third-order valence-electron chi connectivity index (χ3n) is 2.90. The zero-order valence-electron chi connectivity index (χ0n) is 11.1. The summed E-state index contributed by atoms with van der Waals surface area (Å²) in [6.07, 6.45) is 6.40. The molecule has 2 atom stereocenters. The molecule has 1 aliphatic rings. The molecule has 3 N–H and O–H groups in total. The predicted octanol–water partition coefficient (Wildman–Crippen LogP) is 0.449. The highest BCUT2D eigenvalue weighted by molar-refractivity contribution is 5.81. The van der Waals surface area contributed by atoms with Crippen LogP contribution >= 0.6 is 0 Å². The molecule has 0 aromatic carbocycles. The summed E-state index contributed by atoms with van der Waals surface area (Å²) in [5.41, 5.74) is 5.70. The summed E-state index contributed by atoms with van der Waals surface area (Å²) in [7, 11) is 1.66. The average molecular weight is 256 g/mol. The van der Waals surface area contributed by atoms with Gasteiger partial charge in [0.2, 0.25) is 5.91 Å². The quantitative estimate of drug-likeness (QED) is 0.464. The molecule has 5 nitrogen and oxygen atoms in total. The Bertz CT molecular complexity index is 269. The van der Waals surface area contributed by atoms with Crippen molar-refractivity contribution < 1.29 is 14.3 Å².